The molecule has 4 heteroatoms. The van der Waals surface area contributed by atoms with Gasteiger partial charge in [0.2, 0.25) is 0 Å². The molecule has 2 aromatic rings. The van der Waals surface area contributed by atoms with E-state index in [1.165, 1.54) is 0 Å². The monoisotopic (exact) mass is 272 g/mol. The van der Waals surface area contributed by atoms with Gasteiger partial charge in [-0.2, -0.15) is 5.26 Å². The minimum absolute atomic E-state index is 0.557. The number of rotatable bonds is 4. The van der Waals surface area contributed by atoms with Gasteiger partial charge < -0.3 is 10.1 Å². The van der Waals surface area contributed by atoms with E-state index in [4.69, 9.17) is 21.6 Å². The highest BCUT2D eigenvalue weighted by Gasteiger charge is 2.03. The summed E-state index contributed by atoms with van der Waals surface area (Å²) >= 11 is 6.05. The van der Waals surface area contributed by atoms with Gasteiger partial charge in [0.1, 0.15) is 5.75 Å². The van der Waals surface area contributed by atoms with Gasteiger partial charge in [-0.3, -0.25) is 0 Å². The van der Waals surface area contributed by atoms with Gasteiger partial charge in [0, 0.05) is 12.2 Å². The fourth-order valence-electron chi connectivity index (χ4n) is 1.76. The molecule has 0 unspecified atom stereocenters. The number of methoxy groups -OCH3 is 1. The second-order valence-electron chi connectivity index (χ2n) is 3.97. The summed E-state index contributed by atoms with van der Waals surface area (Å²) in [5.41, 5.74) is 2.52. The van der Waals surface area contributed by atoms with Crippen LogP contribution in [0.5, 0.6) is 5.75 Å². The Morgan fingerprint density at radius 1 is 1.26 bits per heavy atom. The van der Waals surface area contributed by atoms with Crippen LogP contribution < -0.4 is 10.1 Å². The molecule has 3 nitrogen and oxygen atoms in total. The molecule has 1 N–H and O–H groups in total. The van der Waals surface area contributed by atoms with Crippen molar-refractivity contribution in [1.29, 1.82) is 5.26 Å². The Balaban J connectivity index is 2.11. The zero-order chi connectivity index (χ0) is 13.7. The normalized spacial score (nSPS) is 9.74. The predicted molar refractivity (Wildman–Crippen MR) is 76.5 cm³/mol. The SMILES string of the molecule is COc1ccc(NCc2ccccc2C#N)cc1Cl. The number of halogens is 1. The molecule has 2 rings (SSSR count). The molecule has 0 fully saturated rings. The molecule has 0 bridgehead atoms. The quantitative estimate of drug-likeness (QED) is 0.920. The minimum atomic E-state index is 0.557. The summed E-state index contributed by atoms with van der Waals surface area (Å²) in [5, 5.41) is 12.8. The lowest BCUT2D eigenvalue weighted by Gasteiger charge is -2.09. The first-order valence-corrected chi connectivity index (χ1v) is 6.18. The highest BCUT2D eigenvalue weighted by Crippen LogP contribution is 2.27. The largest absolute Gasteiger partial charge is 0.495 e. The van der Waals surface area contributed by atoms with E-state index in [2.05, 4.69) is 11.4 Å². The molecule has 0 aromatic heterocycles. The second-order valence-corrected chi connectivity index (χ2v) is 4.38. The van der Waals surface area contributed by atoms with E-state index in [9.17, 15) is 0 Å². The van der Waals surface area contributed by atoms with Gasteiger partial charge in [-0.25, -0.2) is 0 Å². The predicted octanol–water partition coefficient (Wildman–Crippen LogP) is 3.83. The number of hydrogen-bond donors (Lipinski definition) is 1. The fourth-order valence-corrected chi connectivity index (χ4v) is 2.01. The van der Waals surface area contributed by atoms with Gasteiger partial charge in [-0.05, 0) is 29.8 Å². The lowest BCUT2D eigenvalue weighted by Crippen LogP contribution is -2.01. The Morgan fingerprint density at radius 3 is 2.74 bits per heavy atom. The average molecular weight is 273 g/mol. The standard InChI is InChI=1S/C15H13ClN2O/c1-19-15-7-6-13(8-14(15)16)18-10-12-5-3-2-4-11(12)9-17/h2-8,18H,10H2,1H3. The van der Waals surface area contributed by atoms with Crippen molar-refractivity contribution in [3.8, 4) is 11.8 Å². The van der Waals surface area contributed by atoms with Crippen molar-refractivity contribution in [2.45, 2.75) is 6.54 Å². The Hall–Kier alpha value is -2.18. The van der Waals surface area contributed by atoms with E-state index in [0.717, 1.165) is 11.3 Å². The van der Waals surface area contributed by atoms with Crippen LogP contribution in [0.15, 0.2) is 42.5 Å². The summed E-state index contributed by atoms with van der Waals surface area (Å²) in [6, 6.07) is 15.2. The van der Waals surface area contributed by atoms with E-state index < -0.39 is 0 Å². The van der Waals surface area contributed by atoms with Crippen molar-refractivity contribution in [2.75, 3.05) is 12.4 Å². The van der Waals surface area contributed by atoms with Crippen molar-refractivity contribution in [2.24, 2.45) is 0 Å². The van der Waals surface area contributed by atoms with Crippen molar-refractivity contribution in [1.82, 2.24) is 0 Å². The first-order valence-electron chi connectivity index (χ1n) is 5.80. The Kier molecular flexibility index (Phi) is 4.27. The van der Waals surface area contributed by atoms with Crippen molar-refractivity contribution in [3.05, 3.63) is 58.6 Å². The number of nitrogens with one attached hydrogen (secondary N) is 1. The van der Waals surface area contributed by atoms with Crippen LogP contribution >= 0.6 is 11.6 Å². The van der Waals surface area contributed by atoms with E-state index in [0.29, 0.717) is 22.9 Å². The summed E-state index contributed by atoms with van der Waals surface area (Å²) < 4.78 is 5.10. The zero-order valence-corrected chi connectivity index (χ0v) is 11.2. The van der Waals surface area contributed by atoms with Crippen LogP contribution in [0, 0.1) is 11.3 Å². The Morgan fingerprint density at radius 2 is 2.05 bits per heavy atom. The lowest BCUT2D eigenvalue weighted by molar-refractivity contribution is 0.415. The van der Waals surface area contributed by atoms with Gasteiger partial charge >= 0.3 is 0 Å². The number of nitrogens with zero attached hydrogens (tertiary/aromatic N) is 1. The summed E-state index contributed by atoms with van der Waals surface area (Å²) in [5.74, 6) is 0.643. The molecule has 2 aromatic carbocycles. The van der Waals surface area contributed by atoms with Gasteiger partial charge in [0.25, 0.3) is 0 Å². The molecule has 0 aliphatic rings. The van der Waals surface area contributed by atoms with Crippen LogP contribution in [0.3, 0.4) is 0 Å². The molecule has 96 valence electrons. The summed E-state index contributed by atoms with van der Waals surface area (Å²) in [6.07, 6.45) is 0. The van der Waals surface area contributed by atoms with Crippen LogP contribution in [0.2, 0.25) is 5.02 Å². The first-order chi connectivity index (χ1) is 9.24. The Bertz CT molecular complexity index is 620. The van der Waals surface area contributed by atoms with Gasteiger partial charge in [0.05, 0.1) is 23.8 Å². The number of anilines is 1. The highest BCUT2D eigenvalue weighted by atomic mass is 35.5. The molecule has 0 aliphatic heterocycles. The third-order valence-electron chi connectivity index (χ3n) is 2.77. The molecule has 0 atom stereocenters. The van der Waals surface area contributed by atoms with Crippen LogP contribution in [0.25, 0.3) is 0 Å². The molecular formula is C15H13ClN2O. The van der Waals surface area contributed by atoms with Crippen molar-refractivity contribution >= 4 is 17.3 Å². The van der Waals surface area contributed by atoms with Crippen molar-refractivity contribution < 1.29 is 4.74 Å². The van der Waals surface area contributed by atoms with E-state index >= 15 is 0 Å². The maximum Gasteiger partial charge on any atom is 0.137 e. The number of ether oxygens (including phenoxy) is 1. The van der Waals surface area contributed by atoms with Crippen LogP contribution in [-0.2, 0) is 6.54 Å². The summed E-state index contributed by atoms with van der Waals surface area (Å²) in [4.78, 5) is 0. The molecule has 19 heavy (non-hydrogen) atoms. The fraction of sp³-hybridized carbons (Fsp3) is 0.133. The molecule has 0 radical (unpaired) electrons. The van der Waals surface area contributed by atoms with Crippen LogP contribution in [0.4, 0.5) is 5.69 Å². The third kappa shape index (κ3) is 3.18. The maximum atomic E-state index is 9.01. The molecule has 0 spiro atoms. The highest BCUT2D eigenvalue weighted by molar-refractivity contribution is 6.32. The van der Waals surface area contributed by atoms with E-state index in [-0.39, 0.29) is 0 Å². The van der Waals surface area contributed by atoms with Gasteiger partial charge in [0.15, 0.2) is 0 Å². The van der Waals surface area contributed by atoms with Crippen molar-refractivity contribution in [3.63, 3.8) is 0 Å². The Labute approximate surface area is 117 Å². The summed E-state index contributed by atoms with van der Waals surface area (Å²) in [6.45, 7) is 0.576. The molecule has 0 heterocycles. The third-order valence-corrected chi connectivity index (χ3v) is 3.07. The van der Waals surface area contributed by atoms with Gasteiger partial charge in [-0.15, -0.1) is 0 Å². The molecule has 0 saturated carbocycles. The number of benzene rings is 2. The van der Waals surface area contributed by atoms with E-state index in [1.807, 2.05) is 24.3 Å². The number of nitriles is 1. The lowest BCUT2D eigenvalue weighted by atomic mass is 10.1. The average Bonchev–Trinajstić information content (AvgIpc) is 2.45. The molecule has 0 saturated heterocycles. The second kappa shape index (κ2) is 6.12. The van der Waals surface area contributed by atoms with Gasteiger partial charge in [-0.1, -0.05) is 29.8 Å². The topological polar surface area (TPSA) is 45.0 Å². The van der Waals surface area contributed by atoms with Crippen LogP contribution in [0.1, 0.15) is 11.1 Å². The smallest absolute Gasteiger partial charge is 0.137 e. The van der Waals surface area contributed by atoms with E-state index in [1.54, 1.807) is 25.3 Å². The first kappa shape index (κ1) is 13.3. The summed E-state index contributed by atoms with van der Waals surface area (Å²) in [7, 11) is 1.58. The maximum absolute atomic E-state index is 9.01. The zero-order valence-electron chi connectivity index (χ0n) is 10.5. The minimum Gasteiger partial charge on any atom is -0.495 e. The molecule has 0 amide bonds. The molecular weight excluding hydrogens is 260 g/mol. The number of hydrogen-bond acceptors (Lipinski definition) is 3. The molecule has 0 aliphatic carbocycles. The van der Waals surface area contributed by atoms with Crippen LogP contribution in [-0.4, -0.2) is 7.11 Å².